The Bertz CT molecular complexity index is 404. The molecule has 1 heterocycles. The third kappa shape index (κ3) is 2.27. The van der Waals surface area contributed by atoms with Gasteiger partial charge < -0.3 is 14.5 Å². The molecule has 16 heavy (non-hydrogen) atoms. The summed E-state index contributed by atoms with van der Waals surface area (Å²) in [6, 6.07) is 1.70. The average Bonchev–Trinajstić information content (AvgIpc) is 2.74. The van der Waals surface area contributed by atoms with Crippen LogP contribution in [0, 0.1) is 0 Å². The minimum atomic E-state index is -0.451. The molecule has 0 fully saturated rings. The lowest BCUT2D eigenvalue weighted by molar-refractivity contribution is 0.0563. The molecule has 4 heteroatoms. The molecule has 0 saturated heterocycles. The summed E-state index contributed by atoms with van der Waals surface area (Å²) in [6.07, 6.45) is 2.66. The maximum absolute atomic E-state index is 11.3. The van der Waals surface area contributed by atoms with Crippen molar-refractivity contribution in [3.05, 3.63) is 29.2 Å². The van der Waals surface area contributed by atoms with Gasteiger partial charge in [-0.25, -0.2) is 4.79 Å². The Morgan fingerprint density at radius 2 is 2.31 bits per heavy atom. The van der Waals surface area contributed by atoms with E-state index in [1.165, 1.54) is 7.11 Å². The zero-order valence-corrected chi connectivity index (χ0v) is 10.1. The predicted molar refractivity (Wildman–Crippen MR) is 62.1 cm³/mol. The summed E-state index contributed by atoms with van der Waals surface area (Å²) < 4.78 is 10.1. The van der Waals surface area contributed by atoms with Gasteiger partial charge in [-0.15, -0.1) is 0 Å². The smallest absolute Gasteiger partial charge is 0.373 e. The van der Waals surface area contributed by atoms with Crippen molar-refractivity contribution in [3.63, 3.8) is 0 Å². The number of rotatable bonds is 4. The Hall–Kier alpha value is -1.71. The van der Waals surface area contributed by atoms with Crippen LogP contribution in [0.25, 0.3) is 5.70 Å². The Morgan fingerprint density at radius 3 is 2.75 bits per heavy atom. The van der Waals surface area contributed by atoms with Crippen LogP contribution in [0.4, 0.5) is 0 Å². The lowest BCUT2D eigenvalue weighted by Gasteiger charge is -2.04. The number of allylic oxidation sites excluding steroid dienone is 1. The van der Waals surface area contributed by atoms with Gasteiger partial charge in [0, 0.05) is 30.8 Å². The minimum absolute atomic E-state index is 0.240. The number of carbonyl (C=O) groups excluding carboxylic acids is 1. The molecule has 1 N–H and O–H groups in total. The van der Waals surface area contributed by atoms with Crippen LogP contribution in [0.1, 0.15) is 35.7 Å². The first-order chi connectivity index (χ1) is 7.67. The second-order valence-corrected chi connectivity index (χ2v) is 3.24. The maximum Gasteiger partial charge on any atom is 0.373 e. The number of hydrogen-bond donors (Lipinski definition) is 1. The number of aryl methyl sites for hydroxylation is 1. The van der Waals surface area contributed by atoms with Crippen molar-refractivity contribution in [2.45, 2.75) is 20.3 Å². The van der Waals surface area contributed by atoms with Crippen LogP contribution < -0.4 is 5.32 Å². The van der Waals surface area contributed by atoms with Crippen LogP contribution in [-0.2, 0) is 11.2 Å². The van der Waals surface area contributed by atoms with Gasteiger partial charge in [-0.1, -0.05) is 13.0 Å². The lowest BCUT2D eigenvalue weighted by Crippen LogP contribution is -2.05. The molecular formula is C12H17NO3. The van der Waals surface area contributed by atoms with E-state index in [1.807, 2.05) is 27.0 Å². The highest BCUT2D eigenvalue weighted by Crippen LogP contribution is 2.22. The van der Waals surface area contributed by atoms with E-state index in [2.05, 4.69) is 10.1 Å². The third-order valence-corrected chi connectivity index (χ3v) is 2.36. The van der Waals surface area contributed by atoms with Crippen molar-refractivity contribution in [1.82, 2.24) is 5.32 Å². The van der Waals surface area contributed by atoms with Crippen LogP contribution in [0.5, 0.6) is 0 Å². The minimum Gasteiger partial charge on any atom is -0.463 e. The second kappa shape index (κ2) is 5.39. The summed E-state index contributed by atoms with van der Waals surface area (Å²) in [5, 5.41) is 3.06. The molecule has 1 aromatic rings. The molecule has 0 aliphatic heterocycles. The zero-order valence-electron chi connectivity index (χ0n) is 10.1. The van der Waals surface area contributed by atoms with E-state index in [-0.39, 0.29) is 5.76 Å². The summed E-state index contributed by atoms with van der Waals surface area (Å²) in [6.45, 7) is 3.91. The summed E-state index contributed by atoms with van der Waals surface area (Å²) in [4.78, 5) is 11.3. The number of hydrogen-bond acceptors (Lipinski definition) is 4. The molecule has 0 spiro atoms. The molecule has 0 atom stereocenters. The first-order valence-corrected chi connectivity index (χ1v) is 5.23. The molecular weight excluding hydrogens is 206 g/mol. The highest BCUT2D eigenvalue weighted by Gasteiger charge is 2.17. The van der Waals surface area contributed by atoms with Crippen LogP contribution in [0.2, 0.25) is 0 Å². The van der Waals surface area contributed by atoms with E-state index < -0.39 is 5.97 Å². The molecule has 0 aromatic carbocycles. The van der Waals surface area contributed by atoms with E-state index in [0.29, 0.717) is 0 Å². The van der Waals surface area contributed by atoms with Crippen LogP contribution in [0.3, 0.4) is 0 Å². The lowest BCUT2D eigenvalue weighted by atomic mass is 10.1. The predicted octanol–water partition coefficient (Wildman–Crippen LogP) is 2.21. The van der Waals surface area contributed by atoms with Gasteiger partial charge in [0.25, 0.3) is 0 Å². The van der Waals surface area contributed by atoms with E-state index >= 15 is 0 Å². The van der Waals surface area contributed by atoms with E-state index in [0.717, 1.165) is 23.4 Å². The largest absolute Gasteiger partial charge is 0.463 e. The summed E-state index contributed by atoms with van der Waals surface area (Å²) in [5.41, 5.74) is 1.85. The average molecular weight is 223 g/mol. The number of furan rings is 1. The van der Waals surface area contributed by atoms with E-state index in [1.54, 1.807) is 6.07 Å². The molecule has 4 nitrogen and oxygen atoms in total. The Morgan fingerprint density at radius 1 is 1.62 bits per heavy atom. The molecule has 0 aliphatic rings. The molecule has 0 radical (unpaired) electrons. The number of ether oxygens (including phenoxy) is 1. The van der Waals surface area contributed by atoms with Crippen LogP contribution >= 0.6 is 0 Å². The van der Waals surface area contributed by atoms with Gasteiger partial charge in [0.1, 0.15) is 5.76 Å². The van der Waals surface area contributed by atoms with Crippen molar-refractivity contribution < 1.29 is 13.9 Å². The van der Waals surface area contributed by atoms with Crippen molar-refractivity contribution in [3.8, 4) is 0 Å². The quantitative estimate of drug-likeness (QED) is 0.795. The Labute approximate surface area is 95.3 Å². The van der Waals surface area contributed by atoms with E-state index in [9.17, 15) is 4.79 Å². The van der Waals surface area contributed by atoms with Gasteiger partial charge in [0.2, 0.25) is 5.76 Å². The monoisotopic (exact) mass is 223 g/mol. The molecule has 0 aliphatic carbocycles. The standard InChI is InChI=1S/C12H17NO3/c1-5-9(13-3)8-7-11(12(14)15-4)16-10(8)6-2/h5,7,13H,6H2,1-4H3/b9-5-. The van der Waals surface area contributed by atoms with Crippen molar-refractivity contribution >= 4 is 11.7 Å². The fourth-order valence-electron chi connectivity index (χ4n) is 1.56. The molecule has 0 unspecified atom stereocenters. The highest BCUT2D eigenvalue weighted by atomic mass is 16.5. The molecule has 1 rings (SSSR count). The Kier molecular flexibility index (Phi) is 4.17. The topological polar surface area (TPSA) is 51.5 Å². The van der Waals surface area contributed by atoms with Crippen molar-refractivity contribution in [2.24, 2.45) is 0 Å². The maximum atomic E-state index is 11.3. The zero-order chi connectivity index (χ0) is 12.1. The van der Waals surface area contributed by atoms with Crippen molar-refractivity contribution in [1.29, 1.82) is 0 Å². The normalized spacial score (nSPS) is 11.4. The molecule has 88 valence electrons. The SMILES string of the molecule is C/C=C(\NC)c1cc(C(=O)OC)oc1CC. The first-order valence-electron chi connectivity index (χ1n) is 5.23. The second-order valence-electron chi connectivity index (χ2n) is 3.24. The van der Waals surface area contributed by atoms with Crippen molar-refractivity contribution in [2.75, 3.05) is 14.2 Å². The van der Waals surface area contributed by atoms with Gasteiger partial charge in [0.15, 0.2) is 0 Å². The van der Waals surface area contributed by atoms with Gasteiger partial charge in [-0.3, -0.25) is 0 Å². The van der Waals surface area contributed by atoms with Gasteiger partial charge >= 0.3 is 5.97 Å². The highest BCUT2D eigenvalue weighted by molar-refractivity contribution is 5.87. The molecule has 0 amide bonds. The summed E-state index contributed by atoms with van der Waals surface area (Å²) >= 11 is 0. The number of esters is 1. The van der Waals surface area contributed by atoms with E-state index in [4.69, 9.17) is 4.42 Å². The third-order valence-electron chi connectivity index (χ3n) is 2.36. The number of carbonyl (C=O) groups is 1. The Balaban J connectivity index is 3.18. The summed E-state index contributed by atoms with van der Waals surface area (Å²) in [7, 11) is 3.17. The summed E-state index contributed by atoms with van der Waals surface area (Å²) in [5.74, 6) is 0.569. The van der Waals surface area contributed by atoms with Gasteiger partial charge in [0.05, 0.1) is 7.11 Å². The fourth-order valence-corrected chi connectivity index (χ4v) is 1.56. The number of methoxy groups -OCH3 is 1. The van der Waals surface area contributed by atoms with Crippen LogP contribution in [0.15, 0.2) is 16.6 Å². The fraction of sp³-hybridized carbons (Fsp3) is 0.417. The number of nitrogens with one attached hydrogen (secondary N) is 1. The molecule has 0 saturated carbocycles. The molecule has 1 aromatic heterocycles. The molecule has 0 bridgehead atoms. The van der Waals surface area contributed by atoms with Crippen LogP contribution in [-0.4, -0.2) is 20.1 Å². The van der Waals surface area contributed by atoms with Gasteiger partial charge in [-0.2, -0.15) is 0 Å². The first kappa shape index (κ1) is 12.4. The van der Waals surface area contributed by atoms with Gasteiger partial charge in [-0.05, 0) is 6.92 Å².